The van der Waals surface area contributed by atoms with Crippen molar-refractivity contribution < 1.29 is 14.3 Å². The summed E-state index contributed by atoms with van der Waals surface area (Å²) in [5.41, 5.74) is 2.66. The predicted molar refractivity (Wildman–Crippen MR) is 134 cm³/mol. The number of nitrogens with zero attached hydrogens (tertiary/aromatic N) is 4. The molecule has 3 aromatic heterocycles. The lowest BCUT2D eigenvalue weighted by Crippen LogP contribution is -2.43. The molecule has 1 saturated heterocycles. The number of imidazole rings is 1. The first-order chi connectivity index (χ1) is 17.1. The molecule has 1 aliphatic rings. The van der Waals surface area contributed by atoms with Crippen LogP contribution >= 0.6 is 0 Å². The third-order valence-electron chi connectivity index (χ3n) is 6.65. The second kappa shape index (κ2) is 10.4. The van der Waals surface area contributed by atoms with E-state index in [1.807, 2.05) is 54.2 Å². The molecule has 1 amide bonds. The monoisotopic (exact) mass is 476 g/mol. The number of hydrogen-bond acceptors (Lipinski definition) is 6. The summed E-state index contributed by atoms with van der Waals surface area (Å²) in [7, 11) is 1.88. The van der Waals surface area contributed by atoms with E-state index < -0.39 is 0 Å². The molecule has 0 aliphatic carbocycles. The quantitative estimate of drug-likeness (QED) is 0.344. The molecule has 0 saturated carbocycles. The number of fused-ring (bicyclic) bond motifs is 1. The molecule has 4 aromatic rings. The van der Waals surface area contributed by atoms with Crippen molar-refractivity contribution in [2.75, 3.05) is 31.5 Å². The summed E-state index contributed by atoms with van der Waals surface area (Å²) >= 11 is 0. The van der Waals surface area contributed by atoms with Crippen LogP contribution in [0.2, 0.25) is 0 Å². The number of nitrogens with one attached hydrogen (secondary N) is 2. The van der Waals surface area contributed by atoms with Gasteiger partial charge in [0.25, 0.3) is 5.91 Å². The van der Waals surface area contributed by atoms with Gasteiger partial charge in [-0.05, 0) is 49.2 Å². The summed E-state index contributed by atoms with van der Waals surface area (Å²) in [5, 5.41) is 16.0. The summed E-state index contributed by atoms with van der Waals surface area (Å²) in [6.07, 6.45) is 3.89. The van der Waals surface area contributed by atoms with Crippen molar-refractivity contribution in [2.24, 2.45) is 7.05 Å². The van der Waals surface area contributed by atoms with Crippen molar-refractivity contribution in [2.45, 2.75) is 32.0 Å². The number of rotatable bonds is 9. The first-order valence-electron chi connectivity index (χ1n) is 12.1. The van der Waals surface area contributed by atoms with E-state index in [4.69, 9.17) is 9.40 Å². The number of aliphatic hydroxyl groups is 1. The number of carbonyl (C=O) groups excluding carboxylic acids is 1. The molecule has 0 spiro atoms. The van der Waals surface area contributed by atoms with E-state index in [-0.39, 0.29) is 12.5 Å². The number of aryl methyl sites for hydroxylation is 1. The largest absolute Gasteiger partial charge is 0.462 e. The normalized spacial score (nSPS) is 15.0. The van der Waals surface area contributed by atoms with Gasteiger partial charge < -0.3 is 34.2 Å². The van der Waals surface area contributed by atoms with Crippen molar-refractivity contribution in [3.05, 3.63) is 71.9 Å². The second-order valence-electron chi connectivity index (χ2n) is 9.06. The van der Waals surface area contributed by atoms with E-state index >= 15 is 0 Å². The number of piperidine rings is 1. The van der Waals surface area contributed by atoms with Crippen molar-refractivity contribution in [1.29, 1.82) is 0 Å². The summed E-state index contributed by atoms with van der Waals surface area (Å²) < 4.78 is 9.70. The van der Waals surface area contributed by atoms with E-state index in [0.29, 0.717) is 30.6 Å². The third kappa shape index (κ3) is 5.26. The van der Waals surface area contributed by atoms with Crippen LogP contribution in [0.5, 0.6) is 0 Å². The molecule has 9 nitrogen and oxygen atoms in total. The maximum absolute atomic E-state index is 12.3. The van der Waals surface area contributed by atoms with E-state index in [0.717, 1.165) is 55.2 Å². The molecule has 1 fully saturated rings. The Labute approximate surface area is 204 Å². The number of benzene rings is 1. The molecule has 4 heterocycles. The molecular weight excluding hydrogens is 444 g/mol. The van der Waals surface area contributed by atoms with Crippen molar-refractivity contribution in [3.63, 3.8) is 0 Å². The van der Waals surface area contributed by atoms with E-state index in [2.05, 4.69) is 26.2 Å². The molecule has 3 N–H and O–H groups in total. The fourth-order valence-corrected chi connectivity index (χ4v) is 4.69. The standard InChI is InChI=1S/C26H32N6O3/c1-30-13-4-7-24(30)25(34)27-12-16-31-14-10-19(11-15-31)28-26-29-22-5-2-3-6-23(22)32(26)17-20-8-9-21(18-33)35-20/h2-9,13,19,33H,10-12,14-18H2,1H3,(H,27,34)(H,28,29). The Hall–Kier alpha value is -3.56. The van der Waals surface area contributed by atoms with E-state index in [9.17, 15) is 9.90 Å². The van der Waals surface area contributed by atoms with Gasteiger partial charge in [-0.15, -0.1) is 0 Å². The van der Waals surface area contributed by atoms with Gasteiger partial charge in [-0.3, -0.25) is 4.79 Å². The Morgan fingerprint density at radius 1 is 1.11 bits per heavy atom. The van der Waals surface area contributed by atoms with Crippen molar-refractivity contribution in [3.8, 4) is 0 Å². The fourth-order valence-electron chi connectivity index (χ4n) is 4.69. The molecule has 1 aliphatic heterocycles. The highest BCUT2D eigenvalue weighted by atomic mass is 16.4. The maximum atomic E-state index is 12.3. The SMILES string of the molecule is Cn1cccc1C(=O)NCCN1CCC(Nc2nc3ccccc3n2Cc2ccc(CO)o2)CC1. The van der Waals surface area contributed by atoms with Gasteiger partial charge in [0.05, 0.1) is 17.6 Å². The van der Waals surface area contributed by atoms with Crippen LogP contribution < -0.4 is 10.6 Å². The lowest BCUT2D eigenvalue weighted by Gasteiger charge is -2.32. The van der Waals surface area contributed by atoms with Crippen molar-refractivity contribution >= 4 is 22.9 Å². The highest BCUT2D eigenvalue weighted by molar-refractivity contribution is 5.92. The average molecular weight is 477 g/mol. The summed E-state index contributed by atoms with van der Waals surface area (Å²) in [5.74, 6) is 2.15. The molecule has 0 radical (unpaired) electrons. The number of aliphatic hydroxyl groups excluding tert-OH is 1. The minimum atomic E-state index is -0.107. The van der Waals surface area contributed by atoms with E-state index in [1.54, 1.807) is 6.07 Å². The van der Waals surface area contributed by atoms with Crippen LogP contribution in [0.3, 0.4) is 0 Å². The summed E-state index contributed by atoms with van der Waals surface area (Å²) in [4.78, 5) is 19.5. The number of anilines is 1. The van der Waals surface area contributed by atoms with Gasteiger partial charge >= 0.3 is 0 Å². The van der Waals surface area contributed by atoms with Crippen LogP contribution in [-0.4, -0.2) is 62.3 Å². The number of carbonyl (C=O) groups is 1. The lowest BCUT2D eigenvalue weighted by atomic mass is 10.1. The number of furan rings is 1. The number of likely N-dealkylation sites (tertiary alicyclic amines) is 1. The number of hydrogen-bond donors (Lipinski definition) is 3. The highest BCUT2D eigenvalue weighted by Crippen LogP contribution is 2.24. The van der Waals surface area contributed by atoms with Gasteiger partial charge in [-0.2, -0.15) is 0 Å². The zero-order valence-electron chi connectivity index (χ0n) is 20.0. The molecule has 5 rings (SSSR count). The van der Waals surface area contributed by atoms with Gasteiger partial charge in [-0.1, -0.05) is 12.1 Å². The van der Waals surface area contributed by atoms with Crippen LogP contribution in [-0.2, 0) is 20.2 Å². The maximum Gasteiger partial charge on any atom is 0.267 e. The molecule has 35 heavy (non-hydrogen) atoms. The predicted octanol–water partition coefficient (Wildman–Crippen LogP) is 2.81. The van der Waals surface area contributed by atoms with Crippen LogP contribution in [0.1, 0.15) is 34.9 Å². The second-order valence-corrected chi connectivity index (χ2v) is 9.06. The van der Waals surface area contributed by atoms with Gasteiger partial charge in [0, 0.05) is 45.5 Å². The van der Waals surface area contributed by atoms with Gasteiger partial charge in [0.1, 0.15) is 23.8 Å². The summed E-state index contributed by atoms with van der Waals surface area (Å²) in [6.45, 7) is 3.85. The smallest absolute Gasteiger partial charge is 0.267 e. The molecular formula is C26H32N6O3. The fraction of sp³-hybridized carbons (Fsp3) is 0.385. The molecule has 184 valence electrons. The topological polar surface area (TPSA) is 100 Å². The molecule has 0 unspecified atom stereocenters. The average Bonchev–Trinajstić information content (AvgIpc) is 3.59. The van der Waals surface area contributed by atoms with Gasteiger partial charge in [0.15, 0.2) is 0 Å². The molecule has 0 atom stereocenters. The Bertz CT molecular complexity index is 1280. The van der Waals surface area contributed by atoms with Gasteiger partial charge in [-0.25, -0.2) is 4.98 Å². The molecule has 1 aromatic carbocycles. The third-order valence-corrected chi connectivity index (χ3v) is 6.65. The molecule has 0 bridgehead atoms. The minimum Gasteiger partial charge on any atom is -0.462 e. The first kappa shape index (κ1) is 23.2. The Balaban J connectivity index is 1.17. The van der Waals surface area contributed by atoms with Crippen LogP contribution in [0.4, 0.5) is 5.95 Å². The van der Waals surface area contributed by atoms with Crippen LogP contribution in [0.25, 0.3) is 11.0 Å². The van der Waals surface area contributed by atoms with Crippen LogP contribution in [0.15, 0.2) is 59.1 Å². The Kier molecular flexibility index (Phi) is 6.87. The highest BCUT2D eigenvalue weighted by Gasteiger charge is 2.22. The van der Waals surface area contributed by atoms with Crippen molar-refractivity contribution in [1.82, 2.24) is 24.3 Å². The zero-order valence-corrected chi connectivity index (χ0v) is 20.0. The van der Waals surface area contributed by atoms with Crippen LogP contribution in [0, 0.1) is 0 Å². The number of para-hydroxylation sites is 2. The molecule has 9 heteroatoms. The first-order valence-corrected chi connectivity index (χ1v) is 12.1. The summed E-state index contributed by atoms with van der Waals surface area (Å²) in [6, 6.07) is 15.8. The van der Waals surface area contributed by atoms with E-state index in [1.165, 1.54) is 0 Å². The Morgan fingerprint density at radius 2 is 1.91 bits per heavy atom. The minimum absolute atomic E-state index is 0.0318. The number of aromatic nitrogens is 3. The number of amides is 1. The zero-order chi connectivity index (χ0) is 24.2. The lowest BCUT2D eigenvalue weighted by molar-refractivity contribution is 0.0938. The van der Waals surface area contributed by atoms with Gasteiger partial charge in [0.2, 0.25) is 5.95 Å². The Morgan fingerprint density at radius 3 is 2.66 bits per heavy atom.